The monoisotopic (exact) mass is 393 g/mol. The molecule has 0 aliphatic carbocycles. The zero-order chi connectivity index (χ0) is 18.7. The van der Waals surface area contributed by atoms with Crippen LogP contribution in [0, 0.1) is 0 Å². The van der Waals surface area contributed by atoms with Crippen molar-refractivity contribution in [2.75, 3.05) is 20.2 Å². The molecular formula is C18H19NO5S2. The van der Waals surface area contributed by atoms with Gasteiger partial charge in [0.15, 0.2) is 0 Å². The van der Waals surface area contributed by atoms with Gasteiger partial charge in [0.25, 0.3) is 10.0 Å². The normalized spacial score (nSPS) is 16.0. The van der Waals surface area contributed by atoms with Crippen LogP contribution in [0.4, 0.5) is 0 Å². The number of carbonyl (C=O) groups is 1. The molecule has 3 rings (SSSR count). The summed E-state index contributed by atoms with van der Waals surface area (Å²) in [6.07, 6.45) is 3.24. The van der Waals surface area contributed by atoms with Crippen molar-refractivity contribution in [1.29, 1.82) is 0 Å². The molecule has 0 atom stereocenters. The van der Waals surface area contributed by atoms with Crippen molar-refractivity contribution in [1.82, 2.24) is 4.31 Å². The van der Waals surface area contributed by atoms with Crippen molar-refractivity contribution in [2.45, 2.75) is 17.1 Å². The van der Waals surface area contributed by atoms with E-state index in [1.807, 2.05) is 0 Å². The fraction of sp³-hybridized carbons (Fsp3) is 0.278. The molecule has 26 heavy (non-hydrogen) atoms. The first-order chi connectivity index (χ1) is 12.4. The summed E-state index contributed by atoms with van der Waals surface area (Å²) in [5, 5.41) is 9.57. The van der Waals surface area contributed by atoms with Crippen LogP contribution in [-0.2, 0) is 14.8 Å². The summed E-state index contributed by atoms with van der Waals surface area (Å²) >= 11 is 0.987. The summed E-state index contributed by atoms with van der Waals surface area (Å²) in [6, 6.07) is 10.0. The van der Waals surface area contributed by atoms with Gasteiger partial charge in [0.2, 0.25) is 0 Å². The molecule has 1 saturated heterocycles. The van der Waals surface area contributed by atoms with E-state index < -0.39 is 16.0 Å². The molecule has 0 radical (unpaired) electrons. The number of hydrogen-bond acceptors (Lipinski definition) is 5. The average Bonchev–Trinajstić information content (AvgIpc) is 3.32. The highest BCUT2D eigenvalue weighted by Gasteiger charge is 2.29. The second kappa shape index (κ2) is 7.61. The van der Waals surface area contributed by atoms with Gasteiger partial charge in [-0.3, -0.25) is 0 Å². The number of ether oxygens (including phenoxy) is 1. The Morgan fingerprint density at radius 2 is 1.81 bits per heavy atom. The largest absolute Gasteiger partial charge is 0.497 e. The first-order valence-electron chi connectivity index (χ1n) is 8.11. The van der Waals surface area contributed by atoms with Crippen molar-refractivity contribution in [3.8, 4) is 5.75 Å². The van der Waals surface area contributed by atoms with E-state index in [1.54, 1.807) is 37.4 Å². The van der Waals surface area contributed by atoms with Gasteiger partial charge in [0, 0.05) is 18.0 Å². The van der Waals surface area contributed by atoms with Crippen molar-refractivity contribution >= 4 is 39.0 Å². The third-order valence-corrected chi connectivity index (χ3v) is 7.65. The molecule has 1 aliphatic heterocycles. The van der Waals surface area contributed by atoms with Gasteiger partial charge in [-0.1, -0.05) is 12.1 Å². The molecule has 1 aromatic carbocycles. The van der Waals surface area contributed by atoms with Crippen LogP contribution in [0.5, 0.6) is 5.75 Å². The minimum absolute atomic E-state index is 0.0584. The van der Waals surface area contributed by atoms with Crippen LogP contribution in [0.25, 0.3) is 11.6 Å². The lowest BCUT2D eigenvalue weighted by Crippen LogP contribution is -2.27. The minimum atomic E-state index is -3.54. The summed E-state index contributed by atoms with van der Waals surface area (Å²) in [5.41, 5.74) is 0.753. The van der Waals surface area contributed by atoms with Gasteiger partial charge in [0.05, 0.1) is 12.7 Å². The fourth-order valence-corrected chi connectivity index (χ4v) is 5.75. The van der Waals surface area contributed by atoms with Crippen molar-refractivity contribution in [2.24, 2.45) is 0 Å². The number of benzene rings is 1. The minimum Gasteiger partial charge on any atom is -0.497 e. The van der Waals surface area contributed by atoms with Gasteiger partial charge < -0.3 is 9.84 Å². The number of carboxylic acid groups (broad SMARTS) is 1. The molecule has 1 fully saturated rings. The van der Waals surface area contributed by atoms with E-state index in [0.717, 1.165) is 24.2 Å². The van der Waals surface area contributed by atoms with Crippen molar-refractivity contribution < 1.29 is 23.1 Å². The molecule has 1 aliphatic rings. The van der Waals surface area contributed by atoms with E-state index in [4.69, 9.17) is 4.74 Å². The predicted molar refractivity (Wildman–Crippen MR) is 101 cm³/mol. The first-order valence-corrected chi connectivity index (χ1v) is 10.4. The number of thiophene rings is 1. The Balaban J connectivity index is 1.93. The number of hydrogen-bond donors (Lipinski definition) is 1. The molecule has 0 amide bonds. The summed E-state index contributed by atoms with van der Waals surface area (Å²) in [6.45, 7) is 1.03. The third kappa shape index (κ3) is 3.82. The van der Waals surface area contributed by atoms with E-state index in [1.165, 1.54) is 16.4 Å². The van der Waals surface area contributed by atoms with E-state index in [0.29, 0.717) is 29.3 Å². The zero-order valence-electron chi connectivity index (χ0n) is 14.2. The van der Waals surface area contributed by atoms with Crippen LogP contribution >= 0.6 is 11.3 Å². The molecule has 0 bridgehead atoms. The van der Waals surface area contributed by atoms with Crippen LogP contribution in [0.3, 0.4) is 0 Å². The maximum atomic E-state index is 12.6. The molecule has 0 unspecified atom stereocenters. The Labute approximate surface area is 156 Å². The molecule has 2 heterocycles. The maximum Gasteiger partial charge on any atom is 0.337 e. The van der Waals surface area contributed by atoms with Gasteiger partial charge >= 0.3 is 5.97 Å². The van der Waals surface area contributed by atoms with Crippen LogP contribution in [-0.4, -0.2) is 44.0 Å². The van der Waals surface area contributed by atoms with E-state index in [2.05, 4.69) is 0 Å². The molecule has 0 spiro atoms. The topological polar surface area (TPSA) is 83.9 Å². The highest BCUT2D eigenvalue weighted by Crippen LogP contribution is 2.32. The van der Waals surface area contributed by atoms with Gasteiger partial charge in [-0.05, 0) is 48.7 Å². The molecule has 8 heteroatoms. The van der Waals surface area contributed by atoms with Gasteiger partial charge in [-0.2, -0.15) is 4.31 Å². The molecule has 1 aromatic heterocycles. The average molecular weight is 393 g/mol. The number of carboxylic acids is 1. The molecular weight excluding hydrogens is 374 g/mol. The van der Waals surface area contributed by atoms with Crippen LogP contribution < -0.4 is 4.74 Å². The van der Waals surface area contributed by atoms with E-state index in [-0.39, 0.29) is 9.78 Å². The van der Waals surface area contributed by atoms with Gasteiger partial charge in [-0.15, -0.1) is 11.3 Å². The maximum absolute atomic E-state index is 12.6. The highest BCUT2D eigenvalue weighted by molar-refractivity contribution is 7.91. The van der Waals surface area contributed by atoms with Gasteiger partial charge in [0.1, 0.15) is 9.96 Å². The first kappa shape index (κ1) is 18.6. The lowest BCUT2D eigenvalue weighted by molar-refractivity contribution is -0.130. The Bertz CT molecular complexity index is 923. The third-order valence-electron chi connectivity index (χ3n) is 4.16. The Kier molecular flexibility index (Phi) is 5.45. The number of sulfonamides is 1. The molecule has 1 N–H and O–H groups in total. The Morgan fingerprint density at radius 3 is 2.38 bits per heavy atom. The number of methoxy groups -OCH3 is 1. The summed E-state index contributed by atoms with van der Waals surface area (Å²) in [4.78, 5) is 12.1. The molecule has 0 saturated carbocycles. The van der Waals surface area contributed by atoms with Gasteiger partial charge in [-0.25, -0.2) is 13.2 Å². The Morgan fingerprint density at radius 1 is 1.15 bits per heavy atom. The predicted octanol–water partition coefficient (Wildman–Crippen LogP) is 3.17. The zero-order valence-corrected chi connectivity index (χ0v) is 15.8. The lowest BCUT2D eigenvalue weighted by atomic mass is 10.1. The highest BCUT2D eigenvalue weighted by atomic mass is 32.2. The van der Waals surface area contributed by atoms with Crippen LogP contribution in [0.15, 0.2) is 40.6 Å². The number of aliphatic carboxylic acids is 1. The number of rotatable bonds is 6. The second-order valence-corrected chi connectivity index (χ2v) is 9.11. The van der Waals surface area contributed by atoms with Crippen molar-refractivity contribution in [3.63, 3.8) is 0 Å². The quantitative estimate of drug-likeness (QED) is 0.762. The lowest BCUT2D eigenvalue weighted by Gasteiger charge is -2.13. The van der Waals surface area contributed by atoms with E-state index in [9.17, 15) is 18.3 Å². The summed E-state index contributed by atoms with van der Waals surface area (Å²) < 4.78 is 32.0. The number of nitrogens with zero attached hydrogens (tertiary/aromatic N) is 1. The summed E-state index contributed by atoms with van der Waals surface area (Å²) in [7, 11) is -1.99. The van der Waals surface area contributed by atoms with Crippen molar-refractivity contribution in [3.05, 3.63) is 46.8 Å². The molecule has 138 valence electrons. The smallest absolute Gasteiger partial charge is 0.337 e. The second-order valence-electron chi connectivity index (χ2n) is 5.87. The standard InChI is InChI=1S/C18H19NO5S2/c1-24-14-6-4-13(5-7-14)12-15(18(20)21)16-8-9-17(25-16)26(22,23)19-10-2-3-11-19/h4-9,12H,2-3,10-11H2,1H3,(H,20,21)/b15-12+. The van der Waals surface area contributed by atoms with Crippen LogP contribution in [0.1, 0.15) is 23.3 Å². The van der Waals surface area contributed by atoms with E-state index >= 15 is 0 Å². The fourth-order valence-electron chi connectivity index (χ4n) is 2.76. The SMILES string of the molecule is COc1ccc(/C=C(/C(=O)O)c2ccc(S(=O)(=O)N3CCCC3)s2)cc1. The summed E-state index contributed by atoms with van der Waals surface area (Å²) in [5.74, 6) is -0.429. The Hall–Kier alpha value is -2.16. The van der Waals surface area contributed by atoms with Crippen LogP contribution in [0.2, 0.25) is 0 Å². The molecule has 2 aromatic rings. The molecule has 6 nitrogen and oxygen atoms in total.